The number of hydrogen-bond donors (Lipinski definition) is 1. The summed E-state index contributed by atoms with van der Waals surface area (Å²) < 4.78 is 0. The average molecular weight is 401 g/mol. The molecule has 0 amide bonds. The van der Waals surface area contributed by atoms with E-state index in [9.17, 15) is 5.26 Å². The van der Waals surface area contributed by atoms with E-state index in [1.54, 1.807) is 12.1 Å². The van der Waals surface area contributed by atoms with Gasteiger partial charge in [-0.05, 0) is 29.3 Å². The first-order valence-corrected chi connectivity index (χ1v) is 9.48. The number of rotatable bonds is 5. The van der Waals surface area contributed by atoms with Crippen LogP contribution in [-0.2, 0) is 12.2 Å². The maximum absolute atomic E-state index is 9.40. The number of nitrogen functional groups attached to an aromatic ring is 1. The summed E-state index contributed by atoms with van der Waals surface area (Å²) >= 11 is 13.5. The Balaban J connectivity index is 1.85. The van der Waals surface area contributed by atoms with Crippen molar-refractivity contribution >= 4 is 40.8 Å². The molecule has 0 saturated heterocycles. The molecule has 0 aliphatic heterocycles. The molecule has 4 nitrogen and oxygen atoms in total. The minimum absolute atomic E-state index is 0.188. The van der Waals surface area contributed by atoms with Gasteiger partial charge >= 0.3 is 0 Å². The van der Waals surface area contributed by atoms with Crippen LogP contribution in [0.3, 0.4) is 0 Å². The Labute approximate surface area is 166 Å². The van der Waals surface area contributed by atoms with Crippen molar-refractivity contribution in [3.8, 4) is 6.07 Å². The summed E-state index contributed by atoms with van der Waals surface area (Å²) in [4.78, 5) is 8.79. The summed E-state index contributed by atoms with van der Waals surface area (Å²) in [6.45, 7) is 0. The first kappa shape index (κ1) is 18.5. The number of nitrogens with two attached hydrogens (primary N) is 1. The van der Waals surface area contributed by atoms with Crippen molar-refractivity contribution in [2.45, 2.75) is 17.3 Å². The maximum atomic E-state index is 9.40. The van der Waals surface area contributed by atoms with Gasteiger partial charge in [0.1, 0.15) is 17.5 Å². The Kier molecular flexibility index (Phi) is 6.00. The highest BCUT2D eigenvalue weighted by Gasteiger charge is 2.14. The van der Waals surface area contributed by atoms with Crippen molar-refractivity contribution < 1.29 is 0 Å². The van der Waals surface area contributed by atoms with Gasteiger partial charge in [-0.3, -0.25) is 0 Å². The van der Waals surface area contributed by atoms with E-state index in [0.717, 1.165) is 11.1 Å². The predicted octanol–water partition coefficient (Wildman–Crippen LogP) is 5.12. The SMILES string of the molecule is N#Cc1c(N)nc(SCc2ccccc2Cl)nc1Cc1ccc(Cl)cc1. The van der Waals surface area contributed by atoms with E-state index in [-0.39, 0.29) is 5.82 Å². The number of hydrogen-bond acceptors (Lipinski definition) is 5. The minimum atomic E-state index is 0.188. The minimum Gasteiger partial charge on any atom is -0.382 e. The van der Waals surface area contributed by atoms with Crippen molar-refractivity contribution in [2.75, 3.05) is 5.73 Å². The smallest absolute Gasteiger partial charge is 0.190 e. The van der Waals surface area contributed by atoms with Gasteiger partial charge in [0.2, 0.25) is 0 Å². The Hall–Kier alpha value is -2.26. The van der Waals surface area contributed by atoms with Crippen molar-refractivity contribution in [1.29, 1.82) is 5.26 Å². The molecule has 2 aromatic carbocycles. The molecule has 26 heavy (non-hydrogen) atoms. The van der Waals surface area contributed by atoms with E-state index < -0.39 is 0 Å². The molecule has 1 aromatic heterocycles. The van der Waals surface area contributed by atoms with E-state index in [2.05, 4.69) is 16.0 Å². The van der Waals surface area contributed by atoms with Crippen LogP contribution in [0.25, 0.3) is 0 Å². The van der Waals surface area contributed by atoms with Crippen LogP contribution < -0.4 is 5.73 Å². The molecule has 0 atom stereocenters. The van der Waals surface area contributed by atoms with Gasteiger partial charge in [0, 0.05) is 22.2 Å². The Morgan fingerprint density at radius 3 is 2.46 bits per heavy atom. The first-order valence-electron chi connectivity index (χ1n) is 7.74. The summed E-state index contributed by atoms with van der Waals surface area (Å²) in [5.41, 5.74) is 8.87. The summed E-state index contributed by atoms with van der Waals surface area (Å²) in [6.07, 6.45) is 0.479. The third kappa shape index (κ3) is 4.47. The number of thioether (sulfide) groups is 1. The molecule has 3 aromatic rings. The molecule has 130 valence electrons. The number of halogens is 2. The fourth-order valence-electron chi connectivity index (χ4n) is 2.37. The molecule has 0 aliphatic carbocycles. The number of benzene rings is 2. The zero-order valence-corrected chi connectivity index (χ0v) is 15.9. The highest BCUT2D eigenvalue weighted by Crippen LogP contribution is 2.27. The number of anilines is 1. The van der Waals surface area contributed by atoms with Gasteiger partial charge < -0.3 is 5.73 Å². The molecule has 0 unspecified atom stereocenters. The second-order valence-electron chi connectivity index (χ2n) is 5.51. The lowest BCUT2D eigenvalue weighted by Crippen LogP contribution is -2.06. The molecular weight excluding hydrogens is 387 g/mol. The van der Waals surface area contributed by atoms with Crippen LogP contribution in [0.2, 0.25) is 10.0 Å². The number of nitriles is 1. The van der Waals surface area contributed by atoms with Crippen LogP contribution in [0.15, 0.2) is 53.7 Å². The quantitative estimate of drug-likeness (QED) is 0.474. The molecule has 0 spiro atoms. The van der Waals surface area contributed by atoms with Gasteiger partial charge in [0.25, 0.3) is 0 Å². The van der Waals surface area contributed by atoms with Crippen LogP contribution in [-0.4, -0.2) is 9.97 Å². The van der Waals surface area contributed by atoms with Crippen molar-refractivity contribution in [2.24, 2.45) is 0 Å². The molecule has 1 heterocycles. The third-order valence-corrected chi connectivity index (χ3v) is 5.22. The Bertz CT molecular complexity index is 968. The predicted molar refractivity (Wildman–Crippen MR) is 106 cm³/mol. The van der Waals surface area contributed by atoms with E-state index in [4.69, 9.17) is 28.9 Å². The fourth-order valence-corrected chi connectivity index (χ4v) is 3.65. The van der Waals surface area contributed by atoms with E-state index in [1.165, 1.54) is 11.8 Å². The fraction of sp³-hybridized carbons (Fsp3) is 0.105. The first-order chi connectivity index (χ1) is 12.6. The zero-order valence-electron chi connectivity index (χ0n) is 13.6. The summed E-state index contributed by atoms with van der Waals surface area (Å²) in [5.74, 6) is 0.805. The molecule has 0 bridgehead atoms. The van der Waals surface area contributed by atoms with Crippen LogP contribution >= 0.6 is 35.0 Å². The summed E-state index contributed by atoms with van der Waals surface area (Å²) in [5, 5.41) is 11.3. The van der Waals surface area contributed by atoms with Crippen LogP contribution in [0.1, 0.15) is 22.4 Å². The van der Waals surface area contributed by atoms with Crippen LogP contribution in [0.5, 0.6) is 0 Å². The summed E-state index contributed by atoms with van der Waals surface area (Å²) in [7, 11) is 0. The second kappa shape index (κ2) is 8.41. The maximum Gasteiger partial charge on any atom is 0.190 e. The molecule has 7 heteroatoms. The van der Waals surface area contributed by atoms with E-state index >= 15 is 0 Å². The van der Waals surface area contributed by atoms with Gasteiger partial charge in [-0.15, -0.1) is 0 Å². The molecule has 0 aliphatic rings. The number of aromatic nitrogens is 2. The van der Waals surface area contributed by atoms with Crippen molar-refractivity contribution in [3.05, 3.63) is 81.0 Å². The van der Waals surface area contributed by atoms with Gasteiger partial charge in [0.15, 0.2) is 5.16 Å². The average Bonchev–Trinajstić information content (AvgIpc) is 2.63. The monoisotopic (exact) mass is 400 g/mol. The van der Waals surface area contributed by atoms with Gasteiger partial charge in [-0.2, -0.15) is 5.26 Å². The lowest BCUT2D eigenvalue weighted by Gasteiger charge is -2.09. The lowest BCUT2D eigenvalue weighted by molar-refractivity contribution is 0.902. The second-order valence-corrected chi connectivity index (χ2v) is 7.29. The lowest BCUT2D eigenvalue weighted by atomic mass is 10.1. The van der Waals surface area contributed by atoms with Gasteiger partial charge in [0.05, 0.1) is 5.69 Å². The van der Waals surface area contributed by atoms with Crippen LogP contribution in [0.4, 0.5) is 5.82 Å². The number of nitrogens with zero attached hydrogens (tertiary/aromatic N) is 3. The normalized spacial score (nSPS) is 10.5. The molecule has 0 saturated carbocycles. The Morgan fingerprint density at radius 1 is 1.04 bits per heavy atom. The van der Waals surface area contributed by atoms with Gasteiger partial charge in [-0.25, -0.2) is 9.97 Å². The molecule has 0 radical (unpaired) electrons. The highest BCUT2D eigenvalue weighted by molar-refractivity contribution is 7.98. The van der Waals surface area contributed by atoms with E-state index in [0.29, 0.717) is 38.6 Å². The van der Waals surface area contributed by atoms with E-state index in [1.807, 2.05) is 36.4 Å². The molecule has 2 N–H and O–H groups in total. The van der Waals surface area contributed by atoms with Gasteiger partial charge in [-0.1, -0.05) is 65.3 Å². The van der Waals surface area contributed by atoms with Crippen molar-refractivity contribution in [1.82, 2.24) is 9.97 Å². The molecule has 3 rings (SSSR count). The summed E-state index contributed by atoms with van der Waals surface area (Å²) in [6, 6.07) is 17.1. The van der Waals surface area contributed by atoms with Crippen LogP contribution in [0, 0.1) is 11.3 Å². The highest BCUT2D eigenvalue weighted by atomic mass is 35.5. The molecular formula is C19H14Cl2N4S. The third-order valence-electron chi connectivity index (χ3n) is 3.70. The Morgan fingerprint density at radius 2 is 1.77 bits per heavy atom. The standard InChI is InChI=1S/C19H14Cl2N4S/c20-14-7-5-12(6-8-14)9-17-15(10-22)18(23)25-19(24-17)26-11-13-3-1-2-4-16(13)21/h1-8H,9,11H2,(H2,23,24,25). The molecule has 0 fully saturated rings. The van der Waals surface area contributed by atoms with Crippen molar-refractivity contribution in [3.63, 3.8) is 0 Å². The largest absolute Gasteiger partial charge is 0.382 e. The topological polar surface area (TPSA) is 75.6 Å². The zero-order chi connectivity index (χ0) is 18.5.